The number of aryl methyl sites for hydroxylation is 1. The van der Waals surface area contributed by atoms with Crippen molar-refractivity contribution in [1.82, 2.24) is 20.6 Å². The average molecular weight is 268 g/mol. The molecule has 0 spiro atoms. The van der Waals surface area contributed by atoms with Gasteiger partial charge in [-0.3, -0.25) is 10.1 Å². The lowest BCUT2D eigenvalue weighted by Crippen LogP contribution is -2.40. The average Bonchev–Trinajstić information content (AvgIpc) is 2.34. The number of nitrogens with one attached hydrogen (secondary N) is 2. The van der Waals surface area contributed by atoms with Gasteiger partial charge in [0.25, 0.3) is 0 Å². The summed E-state index contributed by atoms with van der Waals surface area (Å²) in [6, 6.07) is 1.31. The van der Waals surface area contributed by atoms with E-state index in [0.717, 1.165) is 12.1 Å². The molecule has 98 valence electrons. The van der Waals surface area contributed by atoms with Crippen molar-refractivity contribution in [3.63, 3.8) is 0 Å². The molecule has 0 fully saturated rings. The zero-order chi connectivity index (χ0) is 13.4. The van der Waals surface area contributed by atoms with Crippen molar-refractivity contribution >= 4 is 23.7 Å². The standard InChI is InChI=1S/C11H16N4O2S/c1-3-5-12-10(17)15-9(16)7-18-11-13-6-4-8(2)14-11/h4,6H,3,5,7H2,1-2H3,(H2,12,15,16,17). The van der Waals surface area contributed by atoms with Crippen LogP contribution >= 0.6 is 11.8 Å². The van der Waals surface area contributed by atoms with Crippen molar-refractivity contribution in [2.75, 3.05) is 12.3 Å². The van der Waals surface area contributed by atoms with Crippen LogP contribution < -0.4 is 10.6 Å². The Morgan fingerprint density at radius 2 is 2.22 bits per heavy atom. The number of imide groups is 1. The topological polar surface area (TPSA) is 84.0 Å². The van der Waals surface area contributed by atoms with Gasteiger partial charge in [0.2, 0.25) is 5.91 Å². The zero-order valence-electron chi connectivity index (χ0n) is 10.4. The quantitative estimate of drug-likeness (QED) is 0.617. The molecular formula is C11H16N4O2S. The maximum absolute atomic E-state index is 11.4. The number of rotatable bonds is 5. The Hall–Kier alpha value is -1.63. The second-order valence-electron chi connectivity index (χ2n) is 3.57. The van der Waals surface area contributed by atoms with Gasteiger partial charge in [-0.15, -0.1) is 0 Å². The van der Waals surface area contributed by atoms with Crippen LogP contribution in [0.3, 0.4) is 0 Å². The highest BCUT2D eigenvalue weighted by Gasteiger charge is 2.08. The molecule has 18 heavy (non-hydrogen) atoms. The third-order valence-corrected chi connectivity index (χ3v) is 2.76. The van der Waals surface area contributed by atoms with Gasteiger partial charge >= 0.3 is 6.03 Å². The highest BCUT2D eigenvalue weighted by molar-refractivity contribution is 7.99. The van der Waals surface area contributed by atoms with Crippen LogP contribution in [0.15, 0.2) is 17.4 Å². The first-order valence-electron chi connectivity index (χ1n) is 5.62. The van der Waals surface area contributed by atoms with E-state index in [1.807, 2.05) is 13.8 Å². The van der Waals surface area contributed by atoms with Gasteiger partial charge in [0.15, 0.2) is 5.16 Å². The van der Waals surface area contributed by atoms with Crippen molar-refractivity contribution in [2.24, 2.45) is 0 Å². The van der Waals surface area contributed by atoms with Crippen LogP contribution in [0.2, 0.25) is 0 Å². The van der Waals surface area contributed by atoms with Crippen molar-refractivity contribution in [3.05, 3.63) is 18.0 Å². The number of carbonyl (C=O) groups excluding carboxylic acids is 2. The molecule has 1 heterocycles. The lowest BCUT2D eigenvalue weighted by Gasteiger charge is -2.05. The molecule has 0 aliphatic carbocycles. The predicted octanol–water partition coefficient (Wildman–Crippen LogP) is 1.11. The molecule has 0 bridgehead atoms. The van der Waals surface area contributed by atoms with Gasteiger partial charge < -0.3 is 5.32 Å². The van der Waals surface area contributed by atoms with Gasteiger partial charge in [-0.1, -0.05) is 18.7 Å². The predicted molar refractivity (Wildman–Crippen MR) is 69.3 cm³/mol. The summed E-state index contributed by atoms with van der Waals surface area (Å²) in [5, 5.41) is 5.32. The Kier molecular flexibility index (Phi) is 6.13. The second-order valence-corrected chi connectivity index (χ2v) is 4.52. The summed E-state index contributed by atoms with van der Waals surface area (Å²) >= 11 is 1.19. The van der Waals surface area contributed by atoms with Gasteiger partial charge in [-0.25, -0.2) is 14.8 Å². The summed E-state index contributed by atoms with van der Waals surface area (Å²) in [6.07, 6.45) is 2.46. The molecule has 3 amide bonds. The zero-order valence-corrected chi connectivity index (χ0v) is 11.2. The number of thioether (sulfide) groups is 1. The minimum absolute atomic E-state index is 0.114. The third kappa shape index (κ3) is 5.62. The number of amides is 3. The molecule has 2 N–H and O–H groups in total. The molecule has 0 saturated heterocycles. The van der Waals surface area contributed by atoms with Crippen LogP contribution in [0.5, 0.6) is 0 Å². The first-order valence-corrected chi connectivity index (χ1v) is 6.60. The molecule has 0 aliphatic heterocycles. The Balaban J connectivity index is 2.31. The van der Waals surface area contributed by atoms with E-state index in [4.69, 9.17) is 0 Å². The maximum atomic E-state index is 11.4. The number of carbonyl (C=O) groups is 2. The molecule has 6 nitrogen and oxygen atoms in total. The molecule has 1 rings (SSSR count). The van der Waals surface area contributed by atoms with Gasteiger partial charge in [0.05, 0.1) is 5.75 Å². The number of aromatic nitrogens is 2. The lowest BCUT2D eigenvalue weighted by molar-refractivity contribution is -0.117. The SMILES string of the molecule is CCCNC(=O)NC(=O)CSc1nccc(C)n1. The van der Waals surface area contributed by atoms with Crippen LogP contribution in [0.4, 0.5) is 4.79 Å². The Labute approximate surface area is 110 Å². The second kappa shape index (κ2) is 7.65. The van der Waals surface area contributed by atoms with Crippen LogP contribution in [0.25, 0.3) is 0 Å². The maximum Gasteiger partial charge on any atom is 0.321 e. The van der Waals surface area contributed by atoms with E-state index in [-0.39, 0.29) is 11.7 Å². The molecule has 1 aromatic heterocycles. The fourth-order valence-electron chi connectivity index (χ4n) is 1.07. The molecule has 0 aliphatic rings. The summed E-state index contributed by atoms with van der Waals surface area (Å²) in [5.74, 6) is -0.248. The van der Waals surface area contributed by atoms with E-state index < -0.39 is 6.03 Å². The monoisotopic (exact) mass is 268 g/mol. The minimum atomic E-state index is -0.465. The van der Waals surface area contributed by atoms with Crippen LogP contribution in [-0.4, -0.2) is 34.2 Å². The fourth-order valence-corrected chi connectivity index (χ4v) is 1.75. The summed E-state index contributed by atoms with van der Waals surface area (Å²) < 4.78 is 0. The number of urea groups is 1. The van der Waals surface area contributed by atoms with Crippen molar-refractivity contribution in [1.29, 1.82) is 0 Å². The Morgan fingerprint density at radius 1 is 1.44 bits per heavy atom. The molecule has 0 unspecified atom stereocenters. The van der Waals surface area contributed by atoms with E-state index in [1.165, 1.54) is 11.8 Å². The number of nitrogens with zero attached hydrogens (tertiary/aromatic N) is 2. The van der Waals surface area contributed by atoms with E-state index in [1.54, 1.807) is 12.3 Å². The van der Waals surface area contributed by atoms with Gasteiger partial charge in [0.1, 0.15) is 0 Å². The van der Waals surface area contributed by atoms with E-state index in [0.29, 0.717) is 11.7 Å². The Morgan fingerprint density at radius 3 is 2.89 bits per heavy atom. The number of hydrogen-bond donors (Lipinski definition) is 2. The molecule has 0 saturated carbocycles. The van der Waals surface area contributed by atoms with Gasteiger partial charge in [-0.05, 0) is 19.4 Å². The van der Waals surface area contributed by atoms with Crippen LogP contribution in [0.1, 0.15) is 19.0 Å². The third-order valence-electron chi connectivity index (χ3n) is 1.89. The molecule has 0 atom stereocenters. The first-order chi connectivity index (χ1) is 8.61. The molecule has 0 radical (unpaired) electrons. The van der Waals surface area contributed by atoms with E-state index in [2.05, 4.69) is 20.6 Å². The van der Waals surface area contributed by atoms with Gasteiger partial charge in [0, 0.05) is 18.4 Å². The molecule has 7 heteroatoms. The van der Waals surface area contributed by atoms with Crippen molar-refractivity contribution < 1.29 is 9.59 Å². The largest absolute Gasteiger partial charge is 0.338 e. The van der Waals surface area contributed by atoms with Gasteiger partial charge in [-0.2, -0.15) is 0 Å². The van der Waals surface area contributed by atoms with E-state index in [9.17, 15) is 9.59 Å². The molecular weight excluding hydrogens is 252 g/mol. The summed E-state index contributed by atoms with van der Waals surface area (Å²) in [6.45, 7) is 4.34. The summed E-state index contributed by atoms with van der Waals surface area (Å²) in [7, 11) is 0. The summed E-state index contributed by atoms with van der Waals surface area (Å²) in [4.78, 5) is 30.8. The Bertz CT molecular complexity index is 425. The summed E-state index contributed by atoms with van der Waals surface area (Å²) in [5.41, 5.74) is 0.841. The lowest BCUT2D eigenvalue weighted by atomic mass is 10.5. The minimum Gasteiger partial charge on any atom is -0.338 e. The molecule has 0 aromatic carbocycles. The van der Waals surface area contributed by atoms with Crippen molar-refractivity contribution in [2.45, 2.75) is 25.4 Å². The fraction of sp³-hybridized carbons (Fsp3) is 0.455. The highest BCUT2D eigenvalue weighted by atomic mass is 32.2. The smallest absolute Gasteiger partial charge is 0.321 e. The van der Waals surface area contributed by atoms with Crippen LogP contribution in [0, 0.1) is 6.92 Å². The first kappa shape index (κ1) is 14.4. The van der Waals surface area contributed by atoms with Crippen LogP contribution in [-0.2, 0) is 4.79 Å². The molecule has 1 aromatic rings. The number of hydrogen-bond acceptors (Lipinski definition) is 5. The normalized spacial score (nSPS) is 9.89. The van der Waals surface area contributed by atoms with Crippen molar-refractivity contribution in [3.8, 4) is 0 Å². The van der Waals surface area contributed by atoms with E-state index >= 15 is 0 Å². The highest BCUT2D eigenvalue weighted by Crippen LogP contribution is 2.11.